The summed E-state index contributed by atoms with van der Waals surface area (Å²) in [6, 6.07) is -0.823. The molecule has 5 heteroatoms. The summed E-state index contributed by atoms with van der Waals surface area (Å²) < 4.78 is 0. The average Bonchev–Trinajstić information content (AvgIpc) is 1.87. The molecule has 0 aromatic rings. The summed E-state index contributed by atoms with van der Waals surface area (Å²) in [5.41, 5.74) is 6.85. The van der Waals surface area contributed by atoms with Gasteiger partial charge in [0.1, 0.15) is 6.04 Å². The van der Waals surface area contributed by atoms with Crippen molar-refractivity contribution in [2.45, 2.75) is 25.0 Å². The fraction of sp³-hybridized carbons (Fsp3) is 0.833. The van der Waals surface area contributed by atoms with E-state index in [1.807, 2.05) is 0 Å². The van der Waals surface area contributed by atoms with Gasteiger partial charge in [-0.3, -0.25) is 0 Å². The molecule has 0 fully saturated rings. The smallest absolute Gasteiger partial charge is 0.127 e. The van der Waals surface area contributed by atoms with Crippen molar-refractivity contribution in [3.63, 3.8) is 0 Å². The predicted molar refractivity (Wildman–Crippen MR) is 34.7 cm³/mol. The minimum atomic E-state index is -1.21. The Morgan fingerprint density at radius 2 is 2.18 bits per heavy atom. The number of aliphatic carboxylic acids is 1. The van der Waals surface area contributed by atoms with Gasteiger partial charge in [-0.2, -0.15) is 0 Å². The topological polar surface area (TPSA) is 116 Å². The molecule has 0 amide bonds. The van der Waals surface area contributed by atoms with Gasteiger partial charge in [-0.25, -0.2) is 0 Å². The Morgan fingerprint density at radius 3 is 2.55 bits per heavy atom. The van der Waals surface area contributed by atoms with E-state index in [1.165, 1.54) is 0 Å². The van der Waals surface area contributed by atoms with Gasteiger partial charge in [0, 0.05) is 12.8 Å². The largest absolute Gasteiger partial charge is 0.544 e. The molecule has 0 saturated heterocycles. The van der Waals surface area contributed by atoms with E-state index in [9.17, 15) is 9.90 Å². The molecule has 2 atom stereocenters. The summed E-state index contributed by atoms with van der Waals surface area (Å²) in [7, 11) is 0. The number of carboxylic acids is 1. The van der Waals surface area contributed by atoms with Gasteiger partial charge in [0.05, 0.1) is 18.6 Å². The van der Waals surface area contributed by atoms with Crippen molar-refractivity contribution in [3.8, 4) is 0 Å². The first-order chi connectivity index (χ1) is 5.07. The highest BCUT2D eigenvalue weighted by Gasteiger charge is 2.13. The normalized spacial score (nSPS) is 15.9. The van der Waals surface area contributed by atoms with Crippen LogP contribution in [0.5, 0.6) is 0 Å². The zero-order valence-electron chi connectivity index (χ0n) is 6.45. The molecule has 0 aliphatic carbocycles. The summed E-state index contributed by atoms with van der Waals surface area (Å²) in [5, 5.41) is 19.2. The van der Waals surface area contributed by atoms with E-state index in [2.05, 4.69) is 11.5 Å². The van der Waals surface area contributed by atoms with Crippen LogP contribution in [0.15, 0.2) is 0 Å². The lowest BCUT2D eigenvalue weighted by Crippen LogP contribution is -2.69. The van der Waals surface area contributed by atoms with Crippen molar-refractivity contribution in [2.24, 2.45) is 0 Å². The maximum atomic E-state index is 10.1. The van der Waals surface area contributed by atoms with Gasteiger partial charge < -0.3 is 26.5 Å². The van der Waals surface area contributed by atoms with E-state index in [-0.39, 0.29) is 6.42 Å². The Morgan fingerprint density at radius 1 is 1.64 bits per heavy atom. The number of rotatable bonds is 5. The maximum absolute atomic E-state index is 10.1. The molecule has 0 aromatic heterocycles. The van der Waals surface area contributed by atoms with Gasteiger partial charge in [0.15, 0.2) is 0 Å². The summed E-state index contributed by atoms with van der Waals surface area (Å²) in [5.74, 6) is -1.21. The number of aliphatic hydroxyl groups excluding tert-OH is 1. The highest BCUT2D eigenvalue weighted by Crippen LogP contribution is 1.96. The second kappa shape index (κ2) is 5.06. The molecule has 0 spiro atoms. The van der Waals surface area contributed by atoms with Crippen LogP contribution in [0, 0.1) is 0 Å². The molecule has 66 valence electrons. The summed E-state index contributed by atoms with van der Waals surface area (Å²) >= 11 is 0. The van der Waals surface area contributed by atoms with Gasteiger partial charge in [-0.15, -0.1) is 0 Å². The molecule has 0 saturated carbocycles. The number of hydrogen-bond acceptors (Lipinski definition) is 3. The van der Waals surface area contributed by atoms with Crippen molar-refractivity contribution < 1.29 is 26.5 Å². The Balaban J connectivity index is 3.56. The van der Waals surface area contributed by atoms with Crippen molar-refractivity contribution in [1.29, 1.82) is 0 Å². The van der Waals surface area contributed by atoms with E-state index >= 15 is 0 Å². The summed E-state index contributed by atoms with van der Waals surface area (Å²) in [6.07, 6.45) is 0.0462. The molecule has 0 unspecified atom stereocenters. The first-order valence-electron chi connectivity index (χ1n) is 3.59. The lowest BCUT2D eigenvalue weighted by molar-refractivity contribution is -0.441. The van der Waals surface area contributed by atoms with E-state index in [0.717, 1.165) is 0 Å². The highest BCUT2D eigenvalue weighted by molar-refractivity contribution is 5.69. The highest BCUT2D eigenvalue weighted by atomic mass is 16.4. The van der Waals surface area contributed by atoms with Crippen molar-refractivity contribution >= 4 is 5.97 Å². The van der Waals surface area contributed by atoms with E-state index in [1.54, 1.807) is 0 Å². The molecule has 5 nitrogen and oxygen atoms in total. The second-order valence-corrected chi connectivity index (χ2v) is 2.55. The van der Waals surface area contributed by atoms with E-state index in [0.29, 0.717) is 13.0 Å². The molecule has 7 N–H and O–H groups in total. The van der Waals surface area contributed by atoms with Crippen molar-refractivity contribution in [1.82, 2.24) is 0 Å². The number of aliphatic hydroxyl groups is 1. The second-order valence-electron chi connectivity index (χ2n) is 2.55. The summed E-state index contributed by atoms with van der Waals surface area (Å²) in [4.78, 5) is 10.1. The summed E-state index contributed by atoms with van der Waals surface area (Å²) in [6.45, 7) is 0.598. The van der Waals surface area contributed by atoms with Crippen LogP contribution in [0.2, 0.25) is 0 Å². The Bertz CT molecular complexity index is 129. The molecule has 0 aliphatic heterocycles. The number of carboxylic acid groups (broad SMARTS) is 1. The van der Waals surface area contributed by atoms with Gasteiger partial charge in [-0.1, -0.05) is 0 Å². The number of carbonyl (C=O) groups is 1. The van der Waals surface area contributed by atoms with Crippen LogP contribution in [0.25, 0.3) is 0 Å². The third-order valence-corrected chi connectivity index (χ3v) is 1.43. The lowest BCUT2D eigenvalue weighted by atomic mass is 10.1. The third kappa shape index (κ3) is 4.72. The van der Waals surface area contributed by atoms with Gasteiger partial charge in [0.25, 0.3) is 0 Å². The molecule has 11 heavy (non-hydrogen) atoms. The molecule has 0 heterocycles. The maximum Gasteiger partial charge on any atom is 0.127 e. The predicted octanol–water partition coefficient (Wildman–Crippen LogP) is -4.27. The Hall–Kier alpha value is -0.650. The Kier molecular flexibility index (Phi) is 4.76. The van der Waals surface area contributed by atoms with Gasteiger partial charge in [-0.05, 0) is 0 Å². The standard InChI is InChI=1S/C6H14N2O3/c7-2-1-4(9)3-5(8)6(10)11/h4-5,9H,1-3,7-8H2,(H,10,11)/p+1/t4-,5+/m1/s1. The van der Waals surface area contributed by atoms with E-state index in [4.69, 9.17) is 5.11 Å². The fourth-order valence-electron chi connectivity index (χ4n) is 0.778. The van der Waals surface area contributed by atoms with Crippen LogP contribution in [0.1, 0.15) is 12.8 Å². The van der Waals surface area contributed by atoms with Crippen LogP contribution >= 0.6 is 0 Å². The molecular formula is C6H15N2O3+. The lowest BCUT2D eigenvalue weighted by Gasteiger charge is -2.12. The van der Waals surface area contributed by atoms with Crippen molar-refractivity contribution in [2.75, 3.05) is 6.54 Å². The van der Waals surface area contributed by atoms with Gasteiger partial charge >= 0.3 is 0 Å². The molecule has 0 aliphatic rings. The monoisotopic (exact) mass is 163 g/mol. The van der Waals surface area contributed by atoms with Crippen LogP contribution in [-0.2, 0) is 4.79 Å². The minimum absolute atomic E-state index is 0.151. The third-order valence-electron chi connectivity index (χ3n) is 1.43. The molecule has 0 bridgehead atoms. The van der Waals surface area contributed by atoms with Crippen LogP contribution in [0.3, 0.4) is 0 Å². The van der Waals surface area contributed by atoms with E-state index < -0.39 is 18.1 Å². The molecule has 0 aromatic carbocycles. The number of carbonyl (C=O) groups excluding carboxylic acids is 1. The zero-order valence-corrected chi connectivity index (χ0v) is 6.45. The van der Waals surface area contributed by atoms with Crippen LogP contribution in [0.4, 0.5) is 0 Å². The first-order valence-corrected chi connectivity index (χ1v) is 3.59. The molecular weight excluding hydrogens is 148 g/mol. The zero-order chi connectivity index (χ0) is 8.85. The minimum Gasteiger partial charge on any atom is -0.544 e. The van der Waals surface area contributed by atoms with Crippen LogP contribution in [-0.4, -0.2) is 29.8 Å². The van der Waals surface area contributed by atoms with Crippen LogP contribution < -0.4 is 16.6 Å². The average molecular weight is 163 g/mol. The molecule has 0 radical (unpaired) electrons. The quantitative estimate of drug-likeness (QED) is 0.381. The Labute approximate surface area is 65.0 Å². The number of quaternary nitrogens is 2. The first kappa shape index (κ1) is 10.3. The molecule has 0 rings (SSSR count). The van der Waals surface area contributed by atoms with Gasteiger partial charge in [0.2, 0.25) is 0 Å². The van der Waals surface area contributed by atoms with Crippen molar-refractivity contribution in [3.05, 3.63) is 0 Å². The SMILES string of the molecule is [NH3+]CC[C@@H](O)C[C@H]([NH3+])C(=O)[O-]. The fourth-order valence-corrected chi connectivity index (χ4v) is 0.778. The number of hydrogen-bond donors (Lipinski definition) is 3.